The van der Waals surface area contributed by atoms with Crippen molar-refractivity contribution < 1.29 is 0 Å². The molecule has 28 heavy (non-hydrogen) atoms. The molecule has 0 radical (unpaired) electrons. The summed E-state index contributed by atoms with van der Waals surface area (Å²) in [7, 11) is -4.58. The summed E-state index contributed by atoms with van der Waals surface area (Å²) >= 11 is 0. The second-order valence-corrected chi connectivity index (χ2v) is 32.8. The first-order valence-electron chi connectivity index (χ1n) is 10.3. The summed E-state index contributed by atoms with van der Waals surface area (Å²) in [6.07, 6.45) is 0. The van der Waals surface area contributed by atoms with Gasteiger partial charge in [0.25, 0.3) is 0 Å². The second kappa shape index (κ2) is 7.97. The SMILES string of the molecule is Cc1cc(C)c([SiH]([Si](C)(C)c2ccccc2)[Si](C)(C)c2ccccc2)c(C)c1. The zero-order chi connectivity index (χ0) is 20.5. The van der Waals surface area contributed by atoms with Crippen molar-refractivity contribution in [1.29, 1.82) is 0 Å². The Hall–Kier alpha value is -1.69. The standard InChI is InChI=1S/C25H34Si3/c1-20-18-21(2)25(22(3)19-20)26(27(4,5)23-14-10-8-11-15-23)28(6,7)24-16-12-9-13-17-24/h8-19,26H,1-7H3. The van der Waals surface area contributed by atoms with Gasteiger partial charge in [0.15, 0.2) is 0 Å². The summed E-state index contributed by atoms with van der Waals surface area (Å²) < 4.78 is 0. The molecule has 0 saturated carbocycles. The van der Waals surface area contributed by atoms with Crippen LogP contribution >= 0.6 is 0 Å². The molecular formula is C25H34Si3. The predicted octanol–water partition coefficient (Wildman–Crippen LogP) is 4.43. The van der Waals surface area contributed by atoms with E-state index in [1.54, 1.807) is 15.6 Å². The van der Waals surface area contributed by atoms with Gasteiger partial charge in [-0.15, -0.1) is 0 Å². The molecule has 0 atom stereocenters. The molecule has 0 aromatic heterocycles. The van der Waals surface area contributed by atoms with Crippen LogP contribution in [0.5, 0.6) is 0 Å². The normalized spacial score (nSPS) is 12.4. The minimum absolute atomic E-state index is 1.29. The smallest absolute Gasteiger partial charge is 0.0675 e. The van der Waals surface area contributed by atoms with E-state index >= 15 is 0 Å². The molecule has 0 aliphatic carbocycles. The van der Waals surface area contributed by atoms with E-state index in [1.807, 2.05) is 0 Å². The van der Waals surface area contributed by atoms with Crippen molar-refractivity contribution >= 4 is 38.6 Å². The number of rotatable bonds is 5. The second-order valence-electron chi connectivity index (χ2n) is 9.42. The zero-order valence-corrected chi connectivity index (χ0v) is 21.7. The Morgan fingerprint density at radius 2 is 0.929 bits per heavy atom. The largest absolute Gasteiger partial charge is 0.0738 e. The Bertz CT molecular complexity index is 870. The minimum Gasteiger partial charge on any atom is -0.0675 e. The number of hydrogen-bond acceptors (Lipinski definition) is 0. The summed E-state index contributed by atoms with van der Waals surface area (Å²) in [5, 5.41) is 5.01. The van der Waals surface area contributed by atoms with E-state index in [9.17, 15) is 0 Å². The summed E-state index contributed by atoms with van der Waals surface area (Å²) in [6.45, 7) is 17.6. The molecule has 0 fully saturated rings. The average Bonchev–Trinajstić information content (AvgIpc) is 2.65. The third-order valence-electron chi connectivity index (χ3n) is 6.51. The van der Waals surface area contributed by atoms with Crippen LogP contribution in [-0.4, -0.2) is 23.0 Å². The van der Waals surface area contributed by atoms with Gasteiger partial charge in [0.05, 0.1) is 23.0 Å². The summed E-state index contributed by atoms with van der Waals surface area (Å²) in [5.74, 6) is 0. The van der Waals surface area contributed by atoms with E-state index < -0.39 is 23.0 Å². The lowest BCUT2D eigenvalue weighted by Gasteiger charge is -2.43. The first-order valence-corrected chi connectivity index (χ1v) is 20.5. The predicted molar refractivity (Wildman–Crippen MR) is 135 cm³/mol. The van der Waals surface area contributed by atoms with E-state index in [0.717, 1.165) is 0 Å². The van der Waals surface area contributed by atoms with Crippen molar-refractivity contribution in [3.63, 3.8) is 0 Å². The monoisotopic (exact) mass is 418 g/mol. The van der Waals surface area contributed by atoms with Gasteiger partial charge in [-0.2, -0.15) is 0 Å². The van der Waals surface area contributed by atoms with Gasteiger partial charge in [0, 0.05) is 0 Å². The topological polar surface area (TPSA) is 0 Å². The van der Waals surface area contributed by atoms with Crippen LogP contribution in [0.3, 0.4) is 0 Å². The van der Waals surface area contributed by atoms with Crippen LogP contribution in [0.1, 0.15) is 16.7 Å². The van der Waals surface area contributed by atoms with Gasteiger partial charge in [-0.3, -0.25) is 0 Å². The fourth-order valence-electron chi connectivity index (χ4n) is 5.34. The highest BCUT2D eigenvalue weighted by Gasteiger charge is 2.48. The minimum atomic E-state index is -1.65. The molecule has 0 saturated heterocycles. The van der Waals surface area contributed by atoms with E-state index in [-0.39, 0.29) is 0 Å². The van der Waals surface area contributed by atoms with Crippen molar-refractivity contribution in [2.75, 3.05) is 0 Å². The number of benzene rings is 3. The molecule has 146 valence electrons. The Morgan fingerprint density at radius 3 is 1.29 bits per heavy atom. The molecular weight excluding hydrogens is 385 g/mol. The Balaban J connectivity index is 2.30. The molecule has 0 aliphatic heterocycles. The highest BCUT2D eigenvalue weighted by molar-refractivity contribution is 7.69. The van der Waals surface area contributed by atoms with Crippen LogP contribution in [-0.2, 0) is 0 Å². The maximum Gasteiger partial charge on any atom is 0.0738 e. The van der Waals surface area contributed by atoms with Crippen LogP contribution in [0.2, 0.25) is 26.2 Å². The summed E-state index contributed by atoms with van der Waals surface area (Å²) in [5.41, 5.74) is 4.45. The Morgan fingerprint density at radius 1 is 0.571 bits per heavy atom. The number of hydrogen-bond donors (Lipinski definition) is 0. The lowest BCUT2D eigenvalue weighted by atomic mass is 10.1. The van der Waals surface area contributed by atoms with E-state index in [1.165, 1.54) is 16.7 Å². The quantitative estimate of drug-likeness (QED) is 0.538. The third-order valence-corrected chi connectivity index (χ3v) is 39.9. The molecule has 3 aromatic rings. The van der Waals surface area contributed by atoms with Crippen LogP contribution in [0, 0.1) is 20.8 Å². The van der Waals surface area contributed by atoms with Crippen LogP contribution < -0.4 is 15.6 Å². The first-order chi connectivity index (χ1) is 13.2. The van der Waals surface area contributed by atoms with Gasteiger partial charge in [0.1, 0.15) is 0 Å². The van der Waals surface area contributed by atoms with Gasteiger partial charge in [-0.05, 0) is 20.8 Å². The van der Waals surface area contributed by atoms with Gasteiger partial charge >= 0.3 is 0 Å². The fourth-order valence-corrected chi connectivity index (χ4v) is 47.3. The molecule has 0 bridgehead atoms. The van der Waals surface area contributed by atoms with Gasteiger partial charge in [0.2, 0.25) is 0 Å². The van der Waals surface area contributed by atoms with Crippen LogP contribution in [0.25, 0.3) is 0 Å². The molecule has 0 spiro atoms. The lowest BCUT2D eigenvalue weighted by Crippen LogP contribution is -2.76. The molecule has 0 heterocycles. The molecule has 0 aliphatic rings. The van der Waals surface area contributed by atoms with Crippen molar-refractivity contribution in [3.8, 4) is 0 Å². The van der Waals surface area contributed by atoms with Crippen molar-refractivity contribution in [3.05, 3.63) is 89.5 Å². The maximum absolute atomic E-state index is 2.65. The lowest BCUT2D eigenvalue weighted by molar-refractivity contribution is 1.35. The van der Waals surface area contributed by atoms with E-state index in [2.05, 4.69) is 120 Å². The van der Waals surface area contributed by atoms with E-state index in [0.29, 0.717) is 0 Å². The van der Waals surface area contributed by atoms with Gasteiger partial charge in [-0.25, -0.2) is 0 Å². The van der Waals surface area contributed by atoms with Gasteiger partial charge < -0.3 is 0 Å². The average molecular weight is 419 g/mol. The summed E-state index contributed by atoms with van der Waals surface area (Å²) in [6, 6.07) is 27.7. The number of aryl methyl sites for hydroxylation is 3. The molecule has 3 rings (SSSR count). The van der Waals surface area contributed by atoms with Crippen LogP contribution in [0.4, 0.5) is 0 Å². The highest BCUT2D eigenvalue weighted by Crippen LogP contribution is 2.22. The molecule has 0 nitrogen and oxygen atoms in total. The van der Waals surface area contributed by atoms with Crippen molar-refractivity contribution in [1.82, 2.24) is 0 Å². The first kappa shape index (κ1) is 21.0. The molecule has 3 aromatic carbocycles. The van der Waals surface area contributed by atoms with Crippen molar-refractivity contribution in [2.24, 2.45) is 0 Å². The molecule has 0 amide bonds. The summed E-state index contributed by atoms with van der Waals surface area (Å²) in [4.78, 5) is 0. The van der Waals surface area contributed by atoms with Gasteiger partial charge in [-0.1, -0.05) is 131 Å². The third kappa shape index (κ3) is 3.89. The van der Waals surface area contributed by atoms with Crippen LogP contribution in [0.15, 0.2) is 72.8 Å². The Labute approximate surface area is 174 Å². The fraction of sp³-hybridized carbons (Fsp3) is 0.280. The highest BCUT2D eigenvalue weighted by atomic mass is 29.6. The maximum atomic E-state index is 2.65. The molecule has 0 unspecified atom stereocenters. The molecule has 3 heteroatoms. The zero-order valence-electron chi connectivity index (χ0n) is 18.5. The Kier molecular flexibility index (Phi) is 5.99. The van der Waals surface area contributed by atoms with E-state index in [4.69, 9.17) is 0 Å². The van der Waals surface area contributed by atoms with Crippen molar-refractivity contribution in [2.45, 2.75) is 47.0 Å². The molecule has 0 N–H and O–H groups in total.